The van der Waals surface area contributed by atoms with Crippen LogP contribution in [0.25, 0.3) is 11.4 Å². The Kier molecular flexibility index (Phi) is 7.99. The third-order valence-corrected chi connectivity index (χ3v) is 5.74. The molecule has 9 nitrogen and oxygen atoms in total. The van der Waals surface area contributed by atoms with Gasteiger partial charge in [-0.25, -0.2) is 9.97 Å². The summed E-state index contributed by atoms with van der Waals surface area (Å²) in [6.45, 7) is 4.70. The zero-order valence-corrected chi connectivity index (χ0v) is 19.0. The molecule has 3 heterocycles. The van der Waals surface area contributed by atoms with Crippen molar-refractivity contribution in [2.75, 3.05) is 69.9 Å². The minimum atomic E-state index is -0.590. The van der Waals surface area contributed by atoms with Crippen molar-refractivity contribution in [3.63, 3.8) is 0 Å². The summed E-state index contributed by atoms with van der Waals surface area (Å²) >= 11 is 6.76. The number of benzene rings is 1. The molecule has 2 saturated heterocycles. The van der Waals surface area contributed by atoms with Crippen LogP contribution in [-0.2, 0) is 9.47 Å². The van der Waals surface area contributed by atoms with E-state index in [0.717, 1.165) is 18.6 Å². The minimum absolute atomic E-state index is 0.163. The zero-order chi connectivity index (χ0) is 22.3. The molecule has 0 aliphatic carbocycles. The first-order valence-corrected chi connectivity index (χ1v) is 11.3. The third-order valence-electron chi connectivity index (χ3n) is 5.39. The van der Waals surface area contributed by atoms with Crippen LogP contribution in [-0.4, -0.2) is 86.9 Å². The van der Waals surface area contributed by atoms with Gasteiger partial charge in [0.05, 0.1) is 25.9 Å². The summed E-state index contributed by atoms with van der Waals surface area (Å²) in [5.74, 6) is 2.49. The highest BCUT2D eigenvalue weighted by molar-refractivity contribution is 6.35. The summed E-state index contributed by atoms with van der Waals surface area (Å²) < 4.78 is 16.7. The Balaban J connectivity index is 1.62. The summed E-state index contributed by atoms with van der Waals surface area (Å²) in [4.78, 5) is 11.7. The first-order chi connectivity index (χ1) is 15.6. The molecule has 2 aliphatic rings. The summed E-state index contributed by atoms with van der Waals surface area (Å²) in [6.07, 6.45) is 0.314. The highest BCUT2D eigenvalue weighted by Crippen LogP contribution is 2.34. The molecule has 2 aliphatic heterocycles. The molecule has 0 bridgehead atoms. The Morgan fingerprint density at radius 1 is 1.25 bits per heavy atom. The van der Waals surface area contributed by atoms with Gasteiger partial charge in [-0.2, -0.15) is 0 Å². The van der Waals surface area contributed by atoms with Crippen LogP contribution < -0.4 is 20.3 Å². The van der Waals surface area contributed by atoms with Crippen LogP contribution >= 0.6 is 11.6 Å². The van der Waals surface area contributed by atoms with Crippen molar-refractivity contribution in [3.8, 4) is 17.1 Å². The molecule has 1 aromatic heterocycles. The summed E-state index contributed by atoms with van der Waals surface area (Å²) in [7, 11) is 1.79. The molecule has 3 N–H and O–H groups in total. The van der Waals surface area contributed by atoms with Crippen LogP contribution in [0.3, 0.4) is 0 Å². The molecule has 32 heavy (non-hydrogen) atoms. The molecule has 0 spiro atoms. The number of aromatic nitrogens is 2. The number of nitrogens with zero attached hydrogens (tertiary/aromatic N) is 3. The second kappa shape index (κ2) is 11.1. The lowest BCUT2D eigenvalue weighted by Gasteiger charge is -2.29. The van der Waals surface area contributed by atoms with Crippen LogP contribution in [0.2, 0.25) is 5.02 Å². The van der Waals surface area contributed by atoms with E-state index in [0.29, 0.717) is 67.7 Å². The maximum absolute atomic E-state index is 9.92. The van der Waals surface area contributed by atoms with Crippen molar-refractivity contribution in [1.29, 1.82) is 0 Å². The molecule has 4 rings (SSSR count). The lowest BCUT2D eigenvalue weighted by atomic mass is 10.2. The minimum Gasteiger partial charge on any atom is -0.491 e. The van der Waals surface area contributed by atoms with Gasteiger partial charge in [0, 0.05) is 31.8 Å². The molecule has 1 unspecified atom stereocenters. The average molecular weight is 464 g/mol. The number of anilines is 2. The Bertz CT molecular complexity index is 891. The van der Waals surface area contributed by atoms with E-state index < -0.39 is 6.10 Å². The van der Waals surface area contributed by atoms with Crippen molar-refractivity contribution < 1.29 is 19.3 Å². The van der Waals surface area contributed by atoms with Crippen LogP contribution in [0.15, 0.2) is 24.3 Å². The van der Waals surface area contributed by atoms with Gasteiger partial charge in [-0.1, -0.05) is 23.7 Å². The Hall–Kier alpha value is -2.17. The van der Waals surface area contributed by atoms with E-state index in [-0.39, 0.29) is 12.6 Å². The number of hydrogen-bond donors (Lipinski definition) is 3. The van der Waals surface area contributed by atoms with Crippen molar-refractivity contribution in [1.82, 2.24) is 15.3 Å². The van der Waals surface area contributed by atoms with E-state index in [1.165, 1.54) is 0 Å². The molecule has 2 atom stereocenters. The number of hydrogen-bond acceptors (Lipinski definition) is 9. The molecule has 174 valence electrons. The van der Waals surface area contributed by atoms with E-state index in [1.807, 2.05) is 24.3 Å². The Morgan fingerprint density at radius 2 is 2.09 bits per heavy atom. The number of likely N-dealkylation sites (N-methyl/N-ethyl adjacent to an activating group) is 1. The number of halogens is 1. The number of aliphatic hydroxyl groups excluding tert-OH is 1. The third kappa shape index (κ3) is 5.79. The van der Waals surface area contributed by atoms with Gasteiger partial charge in [0.15, 0.2) is 17.5 Å². The zero-order valence-electron chi connectivity index (χ0n) is 18.2. The SMILES string of the molecule is CNCC(O)COc1cccc(-c2nc(N[C@@H]3CCOC3)c(Cl)c(N3CCOCC3)n2)c1. The van der Waals surface area contributed by atoms with Crippen molar-refractivity contribution in [2.24, 2.45) is 0 Å². The van der Waals surface area contributed by atoms with Gasteiger partial charge in [-0.05, 0) is 25.6 Å². The van der Waals surface area contributed by atoms with E-state index in [1.54, 1.807) is 7.05 Å². The molecule has 2 aromatic rings. The second-order valence-corrected chi connectivity index (χ2v) is 8.27. The lowest BCUT2D eigenvalue weighted by molar-refractivity contribution is 0.108. The van der Waals surface area contributed by atoms with Gasteiger partial charge in [-0.15, -0.1) is 0 Å². The van der Waals surface area contributed by atoms with Gasteiger partial charge < -0.3 is 34.9 Å². The van der Waals surface area contributed by atoms with E-state index >= 15 is 0 Å². The molecular weight excluding hydrogens is 434 g/mol. The molecule has 1 aromatic carbocycles. The molecule has 10 heteroatoms. The highest BCUT2D eigenvalue weighted by Gasteiger charge is 2.24. The number of morpholine rings is 1. The fraction of sp³-hybridized carbons (Fsp3) is 0.545. The van der Waals surface area contributed by atoms with Crippen LogP contribution in [0, 0.1) is 0 Å². The Labute approximate surface area is 193 Å². The smallest absolute Gasteiger partial charge is 0.164 e. The Morgan fingerprint density at radius 3 is 2.84 bits per heavy atom. The number of aliphatic hydroxyl groups is 1. The van der Waals surface area contributed by atoms with Gasteiger partial charge in [0.2, 0.25) is 0 Å². The number of nitrogens with one attached hydrogen (secondary N) is 2. The first-order valence-electron chi connectivity index (χ1n) is 10.9. The van der Waals surface area contributed by atoms with Crippen LogP contribution in [0.5, 0.6) is 5.75 Å². The maximum Gasteiger partial charge on any atom is 0.164 e. The van der Waals surface area contributed by atoms with Gasteiger partial charge in [0.1, 0.15) is 23.5 Å². The van der Waals surface area contributed by atoms with Crippen molar-refractivity contribution >= 4 is 23.2 Å². The maximum atomic E-state index is 9.92. The van der Waals surface area contributed by atoms with E-state index in [9.17, 15) is 5.11 Å². The second-order valence-electron chi connectivity index (χ2n) is 7.89. The largest absolute Gasteiger partial charge is 0.491 e. The van der Waals surface area contributed by atoms with Crippen molar-refractivity contribution in [3.05, 3.63) is 29.3 Å². The summed E-state index contributed by atoms with van der Waals surface area (Å²) in [6, 6.07) is 7.71. The van der Waals surface area contributed by atoms with Crippen LogP contribution in [0.4, 0.5) is 11.6 Å². The molecule has 0 saturated carbocycles. The first kappa shape index (κ1) is 23.0. The van der Waals surface area contributed by atoms with Gasteiger partial charge >= 0.3 is 0 Å². The van der Waals surface area contributed by atoms with Crippen molar-refractivity contribution in [2.45, 2.75) is 18.6 Å². The molecular formula is C22H30ClN5O4. The highest BCUT2D eigenvalue weighted by atomic mass is 35.5. The molecule has 2 fully saturated rings. The van der Waals surface area contributed by atoms with Gasteiger partial charge in [0.25, 0.3) is 0 Å². The fourth-order valence-corrected chi connectivity index (χ4v) is 3.96. The monoisotopic (exact) mass is 463 g/mol. The predicted octanol–water partition coefficient (Wildman–Crippen LogP) is 1.79. The fourth-order valence-electron chi connectivity index (χ4n) is 3.70. The summed E-state index contributed by atoms with van der Waals surface area (Å²) in [5, 5.41) is 16.8. The molecule has 0 radical (unpaired) electrons. The quantitative estimate of drug-likeness (QED) is 0.513. The number of rotatable bonds is 9. The van der Waals surface area contributed by atoms with E-state index in [4.69, 9.17) is 35.8 Å². The average Bonchev–Trinajstić information content (AvgIpc) is 3.33. The van der Waals surface area contributed by atoms with Gasteiger partial charge in [-0.3, -0.25) is 0 Å². The van der Waals surface area contributed by atoms with E-state index in [2.05, 4.69) is 15.5 Å². The lowest BCUT2D eigenvalue weighted by Crippen LogP contribution is -2.37. The van der Waals surface area contributed by atoms with Crippen LogP contribution in [0.1, 0.15) is 6.42 Å². The predicted molar refractivity (Wildman–Crippen MR) is 124 cm³/mol. The normalized spacial score (nSPS) is 19.7. The molecule has 0 amide bonds. The topological polar surface area (TPSA) is 101 Å². The summed E-state index contributed by atoms with van der Waals surface area (Å²) in [5.41, 5.74) is 0.808. The number of ether oxygens (including phenoxy) is 3. The standard InChI is InChI=1S/C22H30ClN5O4/c1-24-12-17(29)14-32-18-4-2-3-15(11-18)20-26-21(25-16-5-8-31-13-16)19(23)22(27-20)28-6-9-30-10-7-28/h2-4,11,16-17,24,29H,5-10,12-14H2,1H3,(H,25,26,27)/t16-,17?/m1/s1.